The molecule has 0 aliphatic heterocycles. The van der Waals surface area contributed by atoms with Crippen LogP contribution in [0.4, 0.5) is 0 Å². The molecule has 0 heterocycles. The number of aliphatic hydroxyl groups is 1. The Morgan fingerprint density at radius 2 is 1.36 bits per heavy atom. The Hall–Kier alpha value is -2.58. The zero-order valence-corrected chi connectivity index (χ0v) is 15.2. The highest BCUT2D eigenvalue weighted by Gasteiger charge is 2.12. The first-order valence-corrected chi connectivity index (χ1v) is 8.53. The summed E-state index contributed by atoms with van der Waals surface area (Å²) in [6, 6.07) is 20.8. The Bertz CT molecular complexity index is 857. The Labute approximate surface area is 149 Å². The SMILES string of the molecule is COc1ccc(-c2cc(-c3cc(C)cc(C)c3)ccc2C(C)O)cc1. The van der Waals surface area contributed by atoms with E-state index in [4.69, 9.17) is 4.74 Å². The van der Waals surface area contributed by atoms with E-state index in [-0.39, 0.29) is 0 Å². The van der Waals surface area contributed by atoms with Crippen molar-refractivity contribution in [1.29, 1.82) is 0 Å². The van der Waals surface area contributed by atoms with Crippen LogP contribution < -0.4 is 4.74 Å². The average Bonchev–Trinajstić information content (AvgIpc) is 2.60. The summed E-state index contributed by atoms with van der Waals surface area (Å²) in [5.41, 5.74) is 7.91. The van der Waals surface area contributed by atoms with Gasteiger partial charge in [0, 0.05) is 0 Å². The molecule has 0 saturated carbocycles. The first-order chi connectivity index (χ1) is 12.0. The van der Waals surface area contributed by atoms with E-state index in [0.717, 1.165) is 28.0 Å². The van der Waals surface area contributed by atoms with Gasteiger partial charge in [-0.3, -0.25) is 0 Å². The van der Waals surface area contributed by atoms with Gasteiger partial charge in [0.05, 0.1) is 13.2 Å². The molecule has 2 heteroatoms. The zero-order valence-electron chi connectivity index (χ0n) is 15.2. The first kappa shape index (κ1) is 17.2. The summed E-state index contributed by atoms with van der Waals surface area (Å²) in [7, 11) is 1.66. The summed E-state index contributed by atoms with van der Waals surface area (Å²) in [5, 5.41) is 10.2. The molecule has 0 aliphatic carbocycles. The largest absolute Gasteiger partial charge is 0.497 e. The van der Waals surface area contributed by atoms with Crippen LogP contribution in [0.25, 0.3) is 22.3 Å². The van der Waals surface area contributed by atoms with Gasteiger partial charge in [-0.05, 0) is 66.8 Å². The molecule has 0 fully saturated rings. The number of ether oxygens (including phenoxy) is 1. The maximum atomic E-state index is 10.2. The highest BCUT2D eigenvalue weighted by atomic mass is 16.5. The molecule has 0 radical (unpaired) electrons. The predicted octanol–water partition coefficient (Wildman–Crippen LogP) is 5.70. The van der Waals surface area contributed by atoms with E-state index in [1.54, 1.807) is 14.0 Å². The van der Waals surface area contributed by atoms with Gasteiger partial charge in [-0.25, -0.2) is 0 Å². The number of methoxy groups -OCH3 is 1. The zero-order chi connectivity index (χ0) is 18.0. The second-order valence-electron chi connectivity index (χ2n) is 6.58. The van der Waals surface area contributed by atoms with E-state index in [9.17, 15) is 5.11 Å². The van der Waals surface area contributed by atoms with Gasteiger partial charge in [0.2, 0.25) is 0 Å². The smallest absolute Gasteiger partial charge is 0.118 e. The van der Waals surface area contributed by atoms with E-state index in [0.29, 0.717) is 0 Å². The molecule has 3 rings (SSSR count). The number of aryl methyl sites for hydroxylation is 2. The topological polar surface area (TPSA) is 29.5 Å². The Morgan fingerprint density at radius 3 is 1.92 bits per heavy atom. The number of aliphatic hydroxyl groups excluding tert-OH is 1. The molecule has 25 heavy (non-hydrogen) atoms. The molecule has 0 bridgehead atoms. The van der Waals surface area contributed by atoms with Crippen LogP contribution in [0.15, 0.2) is 60.7 Å². The summed E-state index contributed by atoms with van der Waals surface area (Å²) in [4.78, 5) is 0. The maximum Gasteiger partial charge on any atom is 0.118 e. The molecule has 3 aromatic rings. The minimum absolute atomic E-state index is 0.523. The van der Waals surface area contributed by atoms with Crippen molar-refractivity contribution in [3.05, 3.63) is 77.4 Å². The number of benzene rings is 3. The molecule has 0 spiro atoms. The Morgan fingerprint density at radius 1 is 0.760 bits per heavy atom. The molecule has 0 aromatic heterocycles. The van der Waals surface area contributed by atoms with Crippen molar-refractivity contribution in [2.24, 2.45) is 0 Å². The summed E-state index contributed by atoms with van der Waals surface area (Å²) < 4.78 is 5.25. The van der Waals surface area contributed by atoms with Crippen molar-refractivity contribution in [3.63, 3.8) is 0 Å². The Balaban J connectivity index is 2.14. The third kappa shape index (κ3) is 3.75. The fourth-order valence-electron chi connectivity index (χ4n) is 3.26. The van der Waals surface area contributed by atoms with Crippen molar-refractivity contribution >= 4 is 0 Å². The minimum Gasteiger partial charge on any atom is -0.497 e. The Kier molecular flexibility index (Phi) is 4.91. The molecule has 0 amide bonds. The molecule has 2 nitrogen and oxygen atoms in total. The maximum absolute atomic E-state index is 10.2. The molecule has 0 saturated heterocycles. The number of hydrogen-bond acceptors (Lipinski definition) is 2. The molecule has 128 valence electrons. The van der Waals surface area contributed by atoms with Crippen LogP contribution >= 0.6 is 0 Å². The lowest BCUT2D eigenvalue weighted by Gasteiger charge is -2.15. The van der Waals surface area contributed by atoms with Crippen LogP contribution in [-0.2, 0) is 0 Å². The van der Waals surface area contributed by atoms with Gasteiger partial charge in [0.1, 0.15) is 5.75 Å². The first-order valence-electron chi connectivity index (χ1n) is 8.53. The normalized spacial score (nSPS) is 12.0. The van der Waals surface area contributed by atoms with Gasteiger partial charge >= 0.3 is 0 Å². The van der Waals surface area contributed by atoms with Crippen LogP contribution in [0, 0.1) is 13.8 Å². The number of hydrogen-bond donors (Lipinski definition) is 1. The van der Waals surface area contributed by atoms with E-state index in [2.05, 4.69) is 44.2 Å². The third-order valence-electron chi connectivity index (χ3n) is 4.46. The fourth-order valence-corrected chi connectivity index (χ4v) is 3.26. The predicted molar refractivity (Wildman–Crippen MR) is 104 cm³/mol. The third-order valence-corrected chi connectivity index (χ3v) is 4.46. The van der Waals surface area contributed by atoms with E-state index < -0.39 is 6.10 Å². The van der Waals surface area contributed by atoms with Gasteiger partial charge in [-0.1, -0.05) is 53.6 Å². The molecule has 0 aliphatic rings. The second kappa shape index (κ2) is 7.12. The van der Waals surface area contributed by atoms with Crippen molar-refractivity contribution in [2.45, 2.75) is 26.9 Å². The molecule has 1 atom stereocenters. The van der Waals surface area contributed by atoms with Gasteiger partial charge in [-0.2, -0.15) is 0 Å². The highest BCUT2D eigenvalue weighted by molar-refractivity contribution is 5.76. The summed E-state index contributed by atoms with van der Waals surface area (Å²) in [6.45, 7) is 6.04. The quantitative estimate of drug-likeness (QED) is 0.664. The highest BCUT2D eigenvalue weighted by Crippen LogP contribution is 2.34. The van der Waals surface area contributed by atoms with Crippen LogP contribution in [0.1, 0.15) is 29.7 Å². The lowest BCUT2D eigenvalue weighted by atomic mass is 9.91. The standard InChI is InChI=1S/C23H24O2/c1-15-11-16(2)13-20(12-15)19-7-10-22(17(3)24)23(14-19)18-5-8-21(25-4)9-6-18/h5-14,17,24H,1-4H3. The van der Waals surface area contributed by atoms with Gasteiger partial charge in [0.25, 0.3) is 0 Å². The van der Waals surface area contributed by atoms with Crippen molar-refractivity contribution < 1.29 is 9.84 Å². The minimum atomic E-state index is -0.523. The van der Waals surface area contributed by atoms with E-state index in [1.807, 2.05) is 30.3 Å². The second-order valence-corrected chi connectivity index (χ2v) is 6.58. The molecule has 1 N–H and O–H groups in total. The molecule has 3 aromatic carbocycles. The molecule has 1 unspecified atom stereocenters. The van der Waals surface area contributed by atoms with Gasteiger partial charge in [-0.15, -0.1) is 0 Å². The van der Waals surface area contributed by atoms with Crippen LogP contribution in [0.2, 0.25) is 0 Å². The summed E-state index contributed by atoms with van der Waals surface area (Å²) in [5.74, 6) is 0.827. The van der Waals surface area contributed by atoms with E-state index in [1.165, 1.54) is 16.7 Å². The summed E-state index contributed by atoms with van der Waals surface area (Å²) in [6.07, 6.45) is -0.523. The lowest BCUT2D eigenvalue weighted by Crippen LogP contribution is -1.96. The summed E-state index contributed by atoms with van der Waals surface area (Å²) >= 11 is 0. The number of rotatable bonds is 4. The average molecular weight is 332 g/mol. The van der Waals surface area contributed by atoms with Gasteiger partial charge < -0.3 is 9.84 Å². The molecular formula is C23H24O2. The van der Waals surface area contributed by atoms with Crippen molar-refractivity contribution in [2.75, 3.05) is 7.11 Å². The van der Waals surface area contributed by atoms with Crippen molar-refractivity contribution in [1.82, 2.24) is 0 Å². The lowest BCUT2D eigenvalue weighted by molar-refractivity contribution is 0.200. The fraction of sp³-hybridized carbons (Fsp3) is 0.217. The van der Waals surface area contributed by atoms with Crippen molar-refractivity contribution in [3.8, 4) is 28.0 Å². The van der Waals surface area contributed by atoms with Crippen LogP contribution in [0.5, 0.6) is 5.75 Å². The van der Waals surface area contributed by atoms with E-state index >= 15 is 0 Å². The van der Waals surface area contributed by atoms with Crippen LogP contribution in [-0.4, -0.2) is 12.2 Å². The monoisotopic (exact) mass is 332 g/mol. The molecular weight excluding hydrogens is 308 g/mol. The van der Waals surface area contributed by atoms with Crippen LogP contribution in [0.3, 0.4) is 0 Å². The van der Waals surface area contributed by atoms with Gasteiger partial charge in [0.15, 0.2) is 0 Å².